The predicted octanol–water partition coefficient (Wildman–Crippen LogP) is 4.20. The number of aliphatic hydroxyl groups is 4. The summed E-state index contributed by atoms with van der Waals surface area (Å²) >= 11 is 0. The highest BCUT2D eigenvalue weighted by atomic mass is 19.1. The summed E-state index contributed by atoms with van der Waals surface area (Å²) in [6.07, 6.45) is -8.17. The summed E-state index contributed by atoms with van der Waals surface area (Å²) in [6, 6.07) is 5.12. The minimum atomic E-state index is -1.41. The smallest absolute Gasteiger partial charge is 0.308 e. The third kappa shape index (κ3) is 15.3. The number of nitrogens with zero attached hydrogens (tertiary/aromatic N) is 1. The van der Waals surface area contributed by atoms with Gasteiger partial charge >= 0.3 is 5.97 Å². The van der Waals surface area contributed by atoms with Crippen LogP contribution in [0.5, 0.6) is 0 Å². The maximum absolute atomic E-state index is 13.9. The van der Waals surface area contributed by atoms with E-state index in [2.05, 4.69) is 0 Å². The molecule has 3 fully saturated rings. The van der Waals surface area contributed by atoms with Gasteiger partial charge in [0.05, 0.1) is 61.8 Å². The van der Waals surface area contributed by atoms with Crippen molar-refractivity contribution in [1.82, 2.24) is 4.90 Å². The van der Waals surface area contributed by atoms with Crippen LogP contribution in [-0.2, 0) is 68.4 Å². The molecule has 4 heterocycles. The molecule has 0 aromatic heterocycles. The number of cyclic esters (lactones) is 1. The van der Waals surface area contributed by atoms with Crippen LogP contribution >= 0.6 is 0 Å². The molecule has 408 valence electrons. The quantitative estimate of drug-likeness (QED) is 0.134. The van der Waals surface area contributed by atoms with Gasteiger partial charge in [0.25, 0.3) is 0 Å². The Labute approximate surface area is 424 Å². The highest BCUT2D eigenvalue weighted by Gasteiger charge is 2.52. The summed E-state index contributed by atoms with van der Waals surface area (Å²) in [5, 5.41) is 46.4. The molecule has 0 amide bonds. The zero-order valence-corrected chi connectivity index (χ0v) is 44.0. The number of aldehydes is 1. The Morgan fingerprint density at radius 2 is 1.51 bits per heavy atom. The molecule has 1 aromatic rings. The lowest BCUT2D eigenvalue weighted by Gasteiger charge is -2.50. The second-order valence-electron chi connectivity index (χ2n) is 20.7. The first-order valence-corrected chi connectivity index (χ1v) is 25.3. The minimum Gasteiger partial charge on any atom is -0.462 e. The fraction of sp³-hybridized carbons (Fsp3) is 0.755. The minimum absolute atomic E-state index is 0.0120. The van der Waals surface area contributed by atoms with Gasteiger partial charge in [-0.3, -0.25) is 9.59 Å². The van der Waals surface area contributed by atoms with Crippen molar-refractivity contribution in [2.24, 2.45) is 23.7 Å². The number of esters is 1. The molecule has 18 nitrogen and oxygen atoms in total. The van der Waals surface area contributed by atoms with Gasteiger partial charge in [-0.05, 0) is 91.2 Å². The van der Waals surface area contributed by atoms with Crippen LogP contribution in [0, 0.1) is 29.5 Å². The van der Waals surface area contributed by atoms with E-state index in [9.17, 15) is 39.2 Å². The van der Waals surface area contributed by atoms with Gasteiger partial charge in [-0.2, -0.15) is 0 Å². The van der Waals surface area contributed by atoms with E-state index in [0.717, 1.165) is 11.8 Å². The Hall–Kier alpha value is -3.12. The number of halogens is 1. The molecule has 0 radical (unpaired) electrons. The Balaban J connectivity index is 1.35. The molecule has 0 aliphatic carbocycles. The molecule has 1 aromatic carbocycles. The molecule has 0 saturated carbocycles. The van der Waals surface area contributed by atoms with Gasteiger partial charge in [0.2, 0.25) is 0 Å². The second-order valence-corrected chi connectivity index (χ2v) is 20.7. The van der Waals surface area contributed by atoms with Crippen molar-refractivity contribution in [2.45, 2.75) is 198 Å². The van der Waals surface area contributed by atoms with Gasteiger partial charge in [-0.1, -0.05) is 50.6 Å². The van der Waals surface area contributed by atoms with Crippen molar-refractivity contribution in [2.75, 3.05) is 34.9 Å². The lowest BCUT2D eigenvalue weighted by atomic mass is 9.79. The van der Waals surface area contributed by atoms with Crippen molar-refractivity contribution in [3.63, 3.8) is 0 Å². The topological polar surface area (TPSA) is 228 Å². The molecular formula is C53H82FNO17. The van der Waals surface area contributed by atoms with E-state index in [-0.39, 0.29) is 44.1 Å². The van der Waals surface area contributed by atoms with Crippen LogP contribution < -0.4 is 0 Å². The van der Waals surface area contributed by atoms with Crippen LogP contribution in [0.4, 0.5) is 4.39 Å². The average Bonchev–Trinajstić information content (AvgIpc) is 3.31. The van der Waals surface area contributed by atoms with Crippen molar-refractivity contribution in [3.05, 3.63) is 59.4 Å². The van der Waals surface area contributed by atoms with E-state index in [1.54, 1.807) is 78.7 Å². The number of ketones is 1. The Kier molecular flexibility index (Phi) is 22.5. The van der Waals surface area contributed by atoms with Crippen LogP contribution in [0.15, 0.2) is 48.1 Å². The summed E-state index contributed by atoms with van der Waals surface area (Å²) in [5.41, 5.74) is -0.00220. The monoisotopic (exact) mass is 1020 g/mol. The maximum atomic E-state index is 13.9. The summed E-state index contributed by atoms with van der Waals surface area (Å²) in [7, 11) is 6.45. The highest BCUT2D eigenvalue weighted by Crippen LogP contribution is 2.38. The largest absolute Gasteiger partial charge is 0.462 e. The molecule has 0 unspecified atom stereocenters. The maximum Gasteiger partial charge on any atom is 0.308 e. The van der Waals surface area contributed by atoms with Gasteiger partial charge in [0.15, 0.2) is 24.7 Å². The van der Waals surface area contributed by atoms with Crippen LogP contribution in [0.25, 0.3) is 0 Å². The Bertz CT molecular complexity index is 1940. The molecule has 4 N–H and O–H groups in total. The van der Waals surface area contributed by atoms with E-state index < -0.39 is 140 Å². The highest BCUT2D eigenvalue weighted by molar-refractivity contribution is 5.91. The zero-order valence-electron chi connectivity index (χ0n) is 44.0. The van der Waals surface area contributed by atoms with Crippen LogP contribution in [0.3, 0.4) is 0 Å². The zero-order chi connectivity index (χ0) is 53.2. The molecule has 5 rings (SSSR count). The summed E-state index contributed by atoms with van der Waals surface area (Å²) in [6.45, 7) is 14.0. The van der Waals surface area contributed by atoms with Crippen molar-refractivity contribution in [3.8, 4) is 0 Å². The summed E-state index contributed by atoms with van der Waals surface area (Å²) in [5.74, 6) is -4.03. The number of hydrogen-bond donors (Lipinski definition) is 4. The predicted molar refractivity (Wildman–Crippen MR) is 259 cm³/mol. The molecule has 72 heavy (non-hydrogen) atoms. The molecular weight excluding hydrogens is 942 g/mol. The van der Waals surface area contributed by atoms with Crippen molar-refractivity contribution >= 4 is 18.0 Å². The van der Waals surface area contributed by atoms with Crippen molar-refractivity contribution < 1.29 is 86.6 Å². The first-order valence-electron chi connectivity index (χ1n) is 25.3. The lowest BCUT2D eigenvalue weighted by molar-refractivity contribution is -0.344. The SMILES string of the molecule is CC[C@H]1OC(=O)C[C@@H](O)[C@H](C)[C@@H](O[C@@H]2O[C@H](C)[C@@H](O[C@H]3C[C@@](C)(O)[C@@H](OCc4ccc(F)cc4)[C@H](C)O3)[C@H](N(C)C)[C@H]2O)[C@@H](CC=O)C[C@@H](C)C(=O)/C=C\C(C)=C/[C@@H]1CO[C@@H]1O[C@H](C)[C@@H](O)[C@@H](OC)[C@H]1OC. The van der Waals surface area contributed by atoms with Crippen molar-refractivity contribution in [1.29, 1.82) is 0 Å². The summed E-state index contributed by atoms with van der Waals surface area (Å²) < 4.78 is 75.1. The second kappa shape index (κ2) is 27.1. The number of likely N-dealkylation sites (N-methyl/N-ethyl adjacent to an activating group) is 1. The normalized spacial score (nSPS) is 42.1. The number of carbonyl (C=O) groups excluding carboxylic acids is 3. The molecule has 21 atom stereocenters. The third-order valence-electron chi connectivity index (χ3n) is 14.7. The lowest BCUT2D eigenvalue weighted by Crippen LogP contribution is -2.65. The molecule has 19 heteroatoms. The van der Waals surface area contributed by atoms with E-state index in [1.807, 2.05) is 19.9 Å². The van der Waals surface area contributed by atoms with E-state index in [4.69, 9.17) is 47.4 Å². The van der Waals surface area contributed by atoms with E-state index >= 15 is 0 Å². The number of rotatable bonds is 16. The van der Waals surface area contributed by atoms with Gasteiger partial charge in [0, 0.05) is 44.8 Å². The van der Waals surface area contributed by atoms with Gasteiger partial charge in [0.1, 0.15) is 54.8 Å². The van der Waals surface area contributed by atoms with Crippen LogP contribution in [-0.4, -0.2) is 182 Å². The Morgan fingerprint density at radius 1 is 0.847 bits per heavy atom. The molecule has 0 bridgehead atoms. The average molecular weight is 1020 g/mol. The number of hydrogen-bond acceptors (Lipinski definition) is 18. The van der Waals surface area contributed by atoms with Gasteiger partial charge < -0.3 is 77.5 Å². The Morgan fingerprint density at radius 3 is 2.12 bits per heavy atom. The number of allylic oxidation sites excluding steroid dienone is 3. The fourth-order valence-electron chi connectivity index (χ4n) is 10.6. The summed E-state index contributed by atoms with van der Waals surface area (Å²) in [4.78, 5) is 41.8. The standard InChI is InChI=1S/C53H82FNO17/c1-13-40-36(27-66-52-49(64-12)48(63-11)44(60)31(5)68-52)22-28(2)14-19-38(57)29(3)23-35(20-21-56)46(30(4)39(58)24-41(59)70-40)72-51-45(61)43(55(9)10)47(32(6)69-51)71-42-25-53(8,62)50(33(7)67-42)65-26-34-15-17-37(54)18-16-34/h14-19,21-22,29-33,35-36,39-40,42-52,58,60-62H,13,20,23-27H2,1-12H3/b19-14-,28-22-/t29-,30+,31-,32-,33+,35+,36-,39-,40-,42+,43-,44-,45-,46-,47-,48-,49-,50+,51+,52-,53-/m1/s1. The third-order valence-corrected chi connectivity index (χ3v) is 14.7. The van der Waals surface area contributed by atoms with Crippen LogP contribution in [0.2, 0.25) is 0 Å². The number of methoxy groups -OCH3 is 2. The molecule has 0 spiro atoms. The van der Waals surface area contributed by atoms with E-state index in [1.165, 1.54) is 32.4 Å². The first kappa shape index (κ1) is 59.8. The fourth-order valence-corrected chi connectivity index (χ4v) is 10.6. The van der Waals surface area contributed by atoms with Gasteiger partial charge in [-0.25, -0.2) is 4.39 Å². The molecule has 4 aliphatic rings. The number of benzene rings is 1. The van der Waals surface area contributed by atoms with Crippen LogP contribution in [0.1, 0.15) is 93.1 Å². The first-order chi connectivity index (χ1) is 34.0. The molecule has 3 saturated heterocycles. The number of aliphatic hydroxyl groups excluding tert-OH is 3. The number of ether oxygens (including phenoxy) is 10. The van der Waals surface area contributed by atoms with Gasteiger partial charge in [-0.15, -0.1) is 0 Å². The number of carbonyl (C=O) groups is 3. The molecule has 4 aliphatic heterocycles. The van der Waals surface area contributed by atoms with E-state index in [0.29, 0.717) is 12.0 Å².